The Morgan fingerprint density at radius 3 is 2.34 bits per heavy atom. The van der Waals surface area contributed by atoms with E-state index in [2.05, 4.69) is 10.0 Å². The second-order valence-corrected chi connectivity index (χ2v) is 8.04. The van der Waals surface area contributed by atoms with Crippen LogP contribution in [0.4, 0.5) is 11.4 Å². The summed E-state index contributed by atoms with van der Waals surface area (Å²) in [5, 5.41) is 3.57. The molecule has 0 bridgehead atoms. The van der Waals surface area contributed by atoms with Gasteiger partial charge in [-0.15, -0.1) is 0 Å². The minimum Gasteiger partial charge on any atom is -0.366 e. The number of anilines is 2. The lowest BCUT2D eigenvalue weighted by Gasteiger charge is -2.13. The smallest absolute Gasteiger partial charge is 0.262 e. The van der Waals surface area contributed by atoms with E-state index in [1.807, 2.05) is 0 Å². The summed E-state index contributed by atoms with van der Waals surface area (Å²) < 4.78 is 28.4. The highest BCUT2D eigenvalue weighted by atomic mass is 32.2. The topological polar surface area (TPSA) is 161 Å². The van der Waals surface area contributed by atoms with Crippen LogP contribution in [0.5, 0.6) is 0 Å². The molecule has 9 nitrogen and oxygen atoms in total. The van der Waals surface area contributed by atoms with Crippen molar-refractivity contribution in [3.63, 3.8) is 0 Å². The van der Waals surface area contributed by atoms with Crippen LogP contribution >= 0.6 is 0 Å². The van der Waals surface area contributed by atoms with Crippen LogP contribution in [0, 0.1) is 0 Å². The molecule has 1 aliphatic heterocycles. The Hall–Kier alpha value is -3.92. The predicted molar refractivity (Wildman–Crippen MR) is 106 cm³/mol. The summed E-state index contributed by atoms with van der Waals surface area (Å²) in [6.07, 6.45) is 0. The SMILES string of the molecule is NC(=O)c1ccc(NS(=O)(=O)c2ccc3c4c(cccc24)C(=O)N3)cc1C(N)=O. The highest BCUT2D eigenvalue weighted by Gasteiger charge is 2.26. The average Bonchev–Trinajstić information content (AvgIpc) is 2.99. The van der Waals surface area contributed by atoms with Gasteiger partial charge in [-0.1, -0.05) is 12.1 Å². The summed E-state index contributed by atoms with van der Waals surface area (Å²) in [7, 11) is -4.10. The summed E-state index contributed by atoms with van der Waals surface area (Å²) >= 11 is 0. The summed E-state index contributed by atoms with van der Waals surface area (Å²) in [5.74, 6) is -2.09. The molecule has 4 rings (SSSR count). The van der Waals surface area contributed by atoms with E-state index >= 15 is 0 Å². The fraction of sp³-hybridized carbons (Fsp3) is 0. The Labute approximate surface area is 164 Å². The van der Waals surface area contributed by atoms with Crippen LogP contribution in [0.2, 0.25) is 0 Å². The summed E-state index contributed by atoms with van der Waals surface area (Å²) in [5.41, 5.74) is 11.1. The average molecular weight is 410 g/mol. The molecule has 0 unspecified atom stereocenters. The number of hydrogen-bond acceptors (Lipinski definition) is 5. The predicted octanol–water partition coefficient (Wildman–Crippen LogP) is 1.40. The number of carbonyl (C=O) groups excluding carboxylic acids is 3. The lowest BCUT2D eigenvalue weighted by Crippen LogP contribution is -2.21. The maximum atomic E-state index is 13.0. The van der Waals surface area contributed by atoms with E-state index in [9.17, 15) is 22.8 Å². The molecule has 1 aliphatic rings. The van der Waals surface area contributed by atoms with Gasteiger partial charge in [-0.3, -0.25) is 19.1 Å². The van der Waals surface area contributed by atoms with Crippen molar-refractivity contribution in [3.8, 4) is 0 Å². The van der Waals surface area contributed by atoms with Crippen LogP contribution in [0.3, 0.4) is 0 Å². The molecule has 3 amide bonds. The molecule has 0 aliphatic carbocycles. The molecule has 0 atom stereocenters. The van der Waals surface area contributed by atoms with Gasteiger partial charge in [-0.25, -0.2) is 8.42 Å². The first-order chi connectivity index (χ1) is 13.7. The number of nitrogens with two attached hydrogens (primary N) is 2. The first kappa shape index (κ1) is 18.4. The summed E-state index contributed by atoms with van der Waals surface area (Å²) in [6.45, 7) is 0. The molecule has 3 aromatic carbocycles. The monoisotopic (exact) mass is 410 g/mol. The van der Waals surface area contributed by atoms with Crippen molar-refractivity contribution >= 4 is 49.9 Å². The molecule has 3 aromatic rings. The van der Waals surface area contributed by atoms with Crippen LogP contribution in [0.25, 0.3) is 10.8 Å². The zero-order valence-electron chi connectivity index (χ0n) is 14.7. The molecule has 146 valence electrons. The number of nitrogens with one attached hydrogen (secondary N) is 2. The minimum absolute atomic E-state index is 0.0289. The van der Waals surface area contributed by atoms with Crippen molar-refractivity contribution in [2.75, 3.05) is 10.0 Å². The van der Waals surface area contributed by atoms with E-state index in [1.165, 1.54) is 24.3 Å². The molecule has 0 aromatic heterocycles. The number of sulfonamides is 1. The fourth-order valence-electron chi connectivity index (χ4n) is 3.33. The Bertz CT molecular complexity index is 1350. The van der Waals surface area contributed by atoms with Crippen molar-refractivity contribution in [3.05, 3.63) is 65.2 Å². The molecule has 0 saturated carbocycles. The van der Waals surface area contributed by atoms with Crippen LogP contribution in [-0.4, -0.2) is 26.1 Å². The van der Waals surface area contributed by atoms with Crippen LogP contribution in [0.15, 0.2) is 53.4 Å². The highest BCUT2D eigenvalue weighted by molar-refractivity contribution is 7.93. The van der Waals surface area contributed by atoms with Crippen LogP contribution in [-0.2, 0) is 10.0 Å². The van der Waals surface area contributed by atoms with E-state index in [1.54, 1.807) is 18.2 Å². The molecule has 0 radical (unpaired) electrons. The lowest BCUT2D eigenvalue weighted by atomic mass is 10.1. The normalized spacial score (nSPS) is 12.6. The number of benzene rings is 3. The Morgan fingerprint density at radius 2 is 1.66 bits per heavy atom. The molecule has 0 fully saturated rings. The van der Waals surface area contributed by atoms with Crippen molar-refractivity contribution < 1.29 is 22.8 Å². The fourth-order valence-corrected chi connectivity index (χ4v) is 4.59. The van der Waals surface area contributed by atoms with Gasteiger partial charge in [-0.2, -0.15) is 0 Å². The van der Waals surface area contributed by atoms with E-state index in [-0.39, 0.29) is 27.6 Å². The standard InChI is InChI=1S/C19H14N4O5S/c20-17(24)10-5-4-9(8-13(10)18(21)25)23-29(27,28)15-7-6-14-16-11(15)2-1-3-12(16)19(26)22-14/h1-8,23H,(H2,20,24)(H2,21,25)(H,22,26). The van der Waals surface area contributed by atoms with E-state index in [4.69, 9.17) is 11.5 Å². The van der Waals surface area contributed by atoms with E-state index < -0.39 is 21.8 Å². The van der Waals surface area contributed by atoms with E-state index in [0.717, 1.165) is 6.07 Å². The molecule has 10 heteroatoms. The molecular formula is C19H14N4O5S. The maximum Gasteiger partial charge on any atom is 0.262 e. The Morgan fingerprint density at radius 1 is 0.931 bits per heavy atom. The van der Waals surface area contributed by atoms with Crippen LogP contribution < -0.4 is 21.5 Å². The van der Waals surface area contributed by atoms with Crippen molar-refractivity contribution in [1.82, 2.24) is 0 Å². The number of carbonyl (C=O) groups is 3. The number of primary amides is 2. The zero-order chi connectivity index (χ0) is 20.9. The minimum atomic E-state index is -4.10. The number of amides is 3. The third-order valence-electron chi connectivity index (χ3n) is 4.59. The summed E-state index contributed by atoms with van der Waals surface area (Å²) in [4.78, 5) is 35.0. The van der Waals surface area contributed by atoms with Gasteiger partial charge in [0, 0.05) is 27.7 Å². The molecule has 0 saturated heterocycles. The Kier molecular flexibility index (Phi) is 4.01. The number of hydrogen-bond donors (Lipinski definition) is 4. The summed E-state index contributed by atoms with van der Waals surface area (Å²) in [6, 6.07) is 11.4. The van der Waals surface area contributed by atoms with Gasteiger partial charge < -0.3 is 16.8 Å². The van der Waals surface area contributed by atoms with Crippen LogP contribution in [0.1, 0.15) is 31.1 Å². The van der Waals surface area contributed by atoms with Gasteiger partial charge >= 0.3 is 0 Å². The molecule has 1 heterocycles. The van der Waals surface area contributed by atoms with E-state index in [0.29, 0.717) is 22.0 Å². The third kappa shape index (κ3) is 2.95. The first-order valence-electron chi connectivity index (χ1n) is 8.32. The van der Waals surface area contributed by atoms with Gasteiger partial charge in [0.2, 0.25) is 11.8 Å². The highest BCUT2D eigenvalue weighted by Crippen LogP contribution is 2.37. The van der Waals surface area contributed by atoms with Crippen molar-refractivity contribution in [2.45, 2.75) is 4.90 Å². The zero-order valence-corrected chi connectivity index (χ0v) is 15.5. The van der Waals surface area contributed by atoms with Crippen molar-refractivity contribution in [2.24, 2.45) is 11.5 Å². The number of rotatable bonds is 5. The van der Waals surface area contributed by atoms with Crippen molar-refractivity contribution in [1.29, 1.82) is 0 Å². The van der Waals surface area contributed by atoms with Gasteiger partial charge in [0.1, 0.15) is 0 Å². The molecule has 29 heavy (non-hydrogen) atoms. The first-order valence-corrected chi connectivity index (χ1v) is 9.81. The quantitative estimate of drug-likeness (QED) is 0.499. The van der Waals surface area contributed by atoms with Gasteiger partial charge in [0.25, 0.3) is 15.9 Å². The molecular weight excluding hydrogens is 396 g/mol. The Balaban J connectivity index is 1.81. The molecule has 6 N–H and O–H groups in total. The largest absolute Gasteiger partial charge is 0.366 e. The second kappa shape index (κ2) is 6.31. The second-order valence-electron chi connectivity index (χ2n) is 6.39. The van der Waals surface area contributed by atoms with Gasteiger partial charge in [0.05, 0.1) is 16.0 Å². The van der Waals surface area contributed by atoms with Gasteiger partial charge in [-0.05, 0) is 36.4 Å². The maximum absolute atomic E-state index is 13.0. The van der Waals surface area contributed by atoms with Gasteiger partial charge in [0.15, 0.2) is 0 Å². The third-order valence-corrected chi connectivity index (χ3v) is 6.03. The molecule has 0 spiro atoms. The lowest BCUT2D eigenvalue weighted by molar-refractivity contribution is 0.0967.